The number of hydrogen-bond acceptors (Lipinski definition) is 5. The topological polar surface area (TPSA) is 78.4 Å². The molecule has 7 nitrogen and oxygen atoms in total. The van der Waals surface area contributed by atoms with Crippen LogP contribution < -0.4 is 10.2 Å². The minimum absolute atomic E-state index is 0.0358. The molecule has 2 saturated heterocycles. The monoisotopic (exact) mass is 421 g/mol. The highest BCUT2D eigenvalue weighted by molar-refractivity contribution is 5.94. The number of hydrogen-bond donors (Lipinski definition) is 1. The van der Waals surface area contributed by atoms with E-state index in [1.54, 1.807) is 6.20 Å². The standard InChI is InChI=1S/C24H31N5O2/c1-24(2,3)23(31)28-13-10-18(11-14-28)17-6-8-20(9-7-17)26-22(30)19-15-29(16-19)21-5-4-12-25-27-21/h4-9,12,18-19H,10-11,13-16H2,1-3H3,(H,26,30). The van der Waals surface area contributed by atoms with E-state index in [4.69, 9.17) is 0 Å². The molecule has 2 aliphatic heterocycles. The number of nitrogens with zero attached hydrogens (tertiary/aromatic N) is 4. The van der Waals surface area contributed by atoms with Crippen molar-refractivity contribution < 1.29 is 9.59 Å². The molecular weight excluding hydrogens is 390 g/mol. The van der Waals surface area contributed by atoms with Gasteiger partial charge in [-0.3, -0.25) is 9.59 Å². The second-order valence-corrected chi connectivity index (χ2v) is 9.61. The summed E-state index contributed by atoms with van der Waals surface area (Å²) in [5, 5.41) is 11.0. The molecule has 0 atom stereocenters. The van der Waals surface area contributed by atoms with Gasteiger partial charge in [-0.05, 0) is 48.6 Å². The van der Waals surface area contributed by atoms with Gasteiger partial charge in [0.25, 0.3) is 0 Å². The molecule has 7 heteroatoms. The molecule has 0 radical (unpaired) electrons. The van der Waals surface area contributed by atoms with Gasteiger partial charge in [0.15, 0.2) is 5.82 Å². The summed E-state index contributed by atoms with van der Waals surface area (Å²) in [5.74, 6) is 1.51. The lowest BCUT2D eigenvalue weighted by Gasteiger charge is -2.38. The number of aromatic nitrogens is 2. The Morgan fingerprint density at radius 2 is 1.71 bits per heavy atom. The summed E-state index contributed by atoms with van der Waals surface area (Å²) in [6.07, 6.45) is 3.60. The molecule has 1 N–H and O–H groups in total. The fourth-order valence-corrected chi connectivity index (χ4v) is 4.27. The van der Waals surface area contributed by atoms with Crippen molar-refractivity contribution in [3.05, 3.63) is 48.2 Å². The molecular formula is C24H31N5O2. The number of nitrogens with one attached hydrogen (secondary N) is 1. The quantitative estimate of drug-likeness (QED) is 0.820. The summed E-state index contributed by atoms with van der Waals surface area (Å²) in [6.45, 7) is 8.87. The van der Waals surface area contributed by atoms with Crippen molar-refractivity contribution in [2.45, 2.75) is 39.5 Å². The Morgan fingerprint density at radius 1 is 1.03 bits per heavy atom. The molecule has 4 rings (SSSR count). The first kappa shape index (κ1) is 21.3. The van der Waals surface area contributed by atoms with Crippen molar-refractivity contribution in [3.63, 3.8) is 0 Å². The zero-order valence-electron chi connectivity index (χ0n) is 18.5. The lowest BCUT2D eigenvalue weighted by atomic mass is 9.87. The maximum atomic E-state index is 12.5. The molecule has 3 heterocycles. The molecule has 31 heavy (non-hydrogen) atoms. The summed E-state index contributed by atoms with van der Waals surface area (Å²) >= 11 is 0. The third kappa shape index (κ3) is 4.86. The van der Waals surface area contributed by atoms with Crippen LogP contribution in [0.2, 0.25) is 0 Å². The van der Waals surface area contributed by atoms with Gasteiger partial charge in [0.1, 0.15) is 0 Å². The van der Waals surface area contributed by atoms with Crippen LogP contribution in [0.25, 0.3) is 0 Å². The first-order valence-electron chi connectivity index (χ1n) is 11.0. The van der Waals surface area contributed by atoms with Crippen LogP contribution in [0.5, 0.6) is 0 Å². The number of anilines is 2. The summed E-state index contributed by atoms with van der Waals surface area (Å²) in [6, 6.07) is 11.9. The van der Waals surface area contributed by atoms with Gasteiger partial charge in [-0.25, -0.2) is 0 Å². The second kappa shape index (κ2) is 8.65. The highest BCUT2D eigenvalue weighted by Gasteiger charge is 2.34. The van der Waals surface area contributed by atoms with E-state index in [1.165, 1.54) is 5.56 Å². The molecule has 2 amide bonds. The van der Waals surface area contributed by atoms with Crippen LogP contribution in [0.15, 0.2) is 42.6 Å². The molecule has 2 aliphatic rings. The summed E-state index contributed by atoms with van der Waals surface area (Å²) in [5.41, 5.74) is 1.78. The molecule has 0 unspecified atom stereocenters. The Bertz CT molecular complexity index is 909. The van der Waals surface area contributed by atoms with Gasteiger partial charge in [-0.1, -0.05) is 32.9 Å². The number of carbonyl (C=O) groups excluding carboxylic acids is 2. The van der Waals surface area contributed by atoms with Crippen molar-refractivity contribution in [2.75, 3.05) is 36.4 Å². The molecule has 2 aromatic rings. The highest BCUT2D eigenvalue weighted by Crippen LogP contribution is 2.31. The minimum atomic E-state index is -0.321. The number of likely N-dealkylation sites (tertiary alicyclic amines) is 1. The van der Waals surface area contributed by atoms with Crippen LogP contribution >= 0.6 is 0 Å². The summed E-state index contributed by atoms with van der Waals surface area (Å²) in [4.78, 5) is 29.0. The smallest absolute Gasteiger partial charge is 0.231 e. The van der Waals surface area contributed by atoms with Crippen LogP contribution in [-0.4, -0.2) is 53.1 Å². The maximum Gasteiger partial charge on any atom is 0.231 e. The zero-order valence-corrected chi connectivity index (χ0v) is 18.5. The van der Waals surface area contributed by atoms with Crippen molar-refractivity contribution >= 4 is 23.3 Å². The van der Waals surface area contributed by atoms with Gasteiger partial charge in [-0.15, -0.1) is 5.10 Å². The molecule has 1 aromatic heterocycles. The molecule has 2 fully saturated rings. The Hall–Kier alpha value is -2.96. The van der Waals surface area contributed by atoms with Crippen LogP contribution in [0, 0.1) is 11.3 Å². The predicted molar refractivity (Wildman–Crippen MR) is 121 cm³/mol. The van der Waals surface area contributed by atoms with E-state index in [2.05, 4.69) is 32.5 Å². The van der Waals surface area contributed by atoms with Gasteiger partial charge >= 0.3 is 0 Å². The van der Waals surface area contributed by atoms with Gasteiger partial charge in [-0.2, -0.15) is 5.10 Å². The summed E-state index contributed by atoms with van der Waals surface area (Å²) in [7, 11) is 0. The number of amides is 2. The van der Waals surface area contributed by atoms with E-state index in [0.717, 1.165) is 37.4 Å². The minimum Gasteiger partial charge on any atom is -0.353 e. The van der Waals surface area contributed by atoms with Crippen molar-refractivity contribution in [2.24, 2.45) is 11.3 Å². The fraction of sp³-hybridized carbons (Fsp3) is 0.500. The summed E-state index contributed by atoms with van der Waals surface area (Å²) < 4.78 is 0. The SMILES string of the molecule is CC(C)(C)C(=O)N1CCC(c2ccc(NC(=O)C3CN(c4cccnn4)C3)cc2)CC1. The van der Waals surface area contributed by atoms with E-state index in [0.29, 0.717) is 19.0 Å². The lowest BCUT2D eigenvalue weighted by molar-refractivity contribution is -0.140. The molecule has 0 spiro atoms. The van der Waals surface area contributed by atoms with E-state index in [9.17, 15) is 9.59 Å². The first-order valence-corrected chi connectivity index (χ1v) is 11.0. The third-order valence-corrected chi connectivity index (χ3v) is 6.21. The number of carbonyl (C=O) groups is 2. The zero-order chi connectivity index (χ0) is 22.0. The van der Waals surface area contributed by atoms with E-state index in [-0.39, 0.29) is 23.1 Å². The van der Waals surface area contributed by atoms with Gasteiger partial charge < -0.3 is 15.1 Å². The van der Waals surface area contributed by atoms with Gasteiger partial charge in [0.2, 0.25) is 11.8 Å². The molecule has 164 valence electrons. The predicted octanol–water partition coefficient (Wildman–Crippen LogP) is 3.30. The van der Waals surface area contributed by atoms with Crippen LogP contribution in [-0.2, 0) is 9.59 Å². The number of rotatable bonds is 4. The molecule has 0 bridgehead atoms. The van der Waals surface area contributed by atoms with Gasteiger partial charge in [0, 0.05) is 43.5 Å². The van der Waals surface area contributed by atoms with E-state index >= 15 is 0 Å². The van der Waals surface area contributed by atoms with E-state index in [1.807, 2.05) is 49.9 Å². The van der Waals surface area contributed by atoms with Crippen molar-refractivity contribution in [1.29, 1.82) is 0 Å². The largest absolute Gasteiger partial charge is 0.353 e. The van der Waals surface area contributed by atoms with Crippen LogP contribution in [0.3, 0.4) is 0 Å². The Balaban J connectivity index is 1.26. The molecule has 1 aromatic carbocycles. The van der Waals surface area contributed by atoms with Crippen molar-refractivity contribution in [1.82, 2.24) is 15.1 Å². The average Bonchev–Trinajstić information content (AvgIpc) is 2.73. The van der Waals surface area contributed by atoms with Crippen molar-refractivity contribution in [3.8, 4) is 0 Å². The van der Waals surface area contributed by atoms with Crippen LogP contribution in [0.4, 0.5) is 11.5 Å². The van der Waals surface area contributed by atoms with Crippen LogP contribution in [0.1, 0.15) is 45.1 Å². The van der Waals surface area contributed by atoms with Gasteiger partial charge in [0.05, 0.1) is 5.92 Å². The Labute approximate surface area is 183 Å². The Kier molecular flexibility index (Phi) is 5.94. The lowest BCUT2D eigenvalue weighted by Crippen LogP contribution is -2.52. The fourth-order valence-electron chi connectivity index (χ4n) is 4.27. The average molecular weight is 422 g/mol. The highest BCUT2D eigenvalue weighted by atomic mass is 16.2. The molecule has 0 aliphatic carbocycles. The Morgan fingerprint density at radius 3 is 2.29 bits per heavy atom. The normalized spacial score (nSPS) is 17.9. The maximum absolute atomic E-state index is 12.5. The molecule has 0 saturated carbocycles. The number of benzene rings is 1. The number of piperidine rings is 1. The first-order chi connectivity index (χ1) is 14.8. The second-order valence-electron chi connectivity index (χ2n) is 9.61. The van der Waals surface area contributed by atoms with E-state index < -0.39 is 0 Å². The third-order valence-electron chi connectivity index (χ3n) is 6.21.